The van der Waals surface area contributed by atoms with Crippen molar-refractivity contribution in [3.05, 3.63) is 48.5 Å². The monoisotopic (exact) mass is 354 g/mol. The van der Waals surface area contributed by atoms with Gasteiger partial charge in [0.2, 0.25) is 0 Å². The van der Waals surface area contributed by atoms with Gasteiger partial charge in [-0.2, -0.15) is 0 Å². The first-order valence-corrected chi connectivity index (χ1v) is 9.26. The summed E-state index contributed by atoms with van der Waals surface area (Å²) in [5.41, 5.74) is 1.13. The Kier molecular flexibility index (Phi) is 4.44. The first kappa shape index (κ1) is 17.1. The minimum Gasteiger partial charge on any atom is -0.373 e. The van der Waals surface area contributed by atoms with Crippen LogP contribution < -0.4 is 4.90 Å². The van der Waals surface area contributed by atoms with Gasteiger partial charge in [-0.25, -0.2) is 4.98 Å². The molecular formula is C20H26N4O2. The normalized spacial score (nSPS) is 21.9. The SMILES string of the molecule is CN(c1ccccc1)[C@H]1COC2(CCN(C(=O)c3nccn3C)CC2)C1. The van der Waals surface area contributed by atoms with Crippen LogP contribution in [0.4, 0.5) is 5.69 Å². The van der Waals surface area contributed by atoms with Gasteiger partial charge in [0.15, 0.2) is 5.82 Å². The Balaban J connectivity index is 1.37. The van der Waals surface area contributed by atoms with E-state index in [0.717, 1.165) is 39.0 Å². The number of rotatable bonds is 3. The van der Waals surface area contributed by atoms with Crippen LogP contribution in [0, 0.1) is 0 Å². The lowest BCUT2D eigenvalue weighted by atomic mass is 9.87. The van der Waals surface area contributed by atoms with Gasteiger partial charge in [0.1, 0.15) is 0 Å². The van der Waals surface area contributed by atoms with Crippen molar-refractivity contribution >= 4 is 11.6 Å². The summed E-state index contributed by atoms with van der Waals surface area (Å²) in [6.07, 6.45) is 6.28. The van der Waals surface area contributed by atoms with E-state index in [1.807, 2.05) is 24.2 Å². The zero-order valence-corrected chi connectivity index (χ0v) is 15.5. The second kappa shape index (κ2) is 6.76. The lowest BCUT2D eigenvalue weighted by Gasteiger charge is -2.38. The second-order valence-electron chi connectivity index (χ2n) is 7.45. The predicted octanol–water partition coefficient (Wildman–Crippen LogP) is 2.32. The number of aromatic nitrogens is 2. The van der Waals surface area contributed by atoms with E-state index in [-0.39, 0.29) is 11.5 Å². The molecule has 0 unspecified atom stereocenters. The molecule has 0 aliphatic carbocycles. The highest BCUT2D eigenvalue weighted by Crippen LogP contribution is 2.38. The van der Waals surface area contributed by atoms with Gasteiger partial charge < -0.3 is 19.1 Å². The predicted molar refractivity (Wildman–Crippen MR) is 100 cm³/mol. The van der Waals surface area contributed by atoms with Crippen LogP contribution in [0.15, 0.2) is 42.7 Å². The fraction of sp³-hybridized carbons (Fsp3) is 0.500. The van der Waals surface area contributed by atoms with Crippen molar-refractivity contribution in [2.75, 3.05) is 31.6 Å². The Morgan fingerprint density at radius 3 is 2.65 bits per heavy atom. The van der Waals surface area contributed by atoms with Crippen LogP contribution in [0.1, 0.15) is 29.9 Å². The number of hydrogen-bond acceptors (Lipinski definition) is 4. The average molecular weight is 354 g/mol. The fourth-order valence-electron chi connectivity index (χ4n) is 4.12. The van der Waals surface area contributed by atoms with Crippen LogP contribution in [-0.4, -0.2) is 58.7 Å². The fourth-order valence-corrected chi connectivity index (χ4v) is 4.12. The zero-order valence-electron chi connectivity index (χ0n) is 15.5. The summed E-state index contributed by atoms with van der Waals surface area (Å²) in [5, 5.41) is 0. The van der Waals surface area contributed by atoms with Gasteiger partial charge in [-0.15, -0.1) is 0 Å². The van der Waals surface area contributed by atoms with Crippen LogP contribution in [0.3, 0.4) is 0 Å². The van der Waals surface area contributed by atoms with Crippen LogP contribution in [0.5, 0.6) is 0 Å². The van der Waals surface area contributed by atoms with Crippen LogP contribution in [0.2, 0.25) is 0 Å². The molecule has 0 radical (unpaired) electrons. The number of piperidine rings is 1. The van der Waals surface area contributed by atoms with Gasteiger partial charge in [0.25, 0.3) is 5.91 Å². The summed E-state index contributed by atoms with van der Waals surface area (Å²) < 4.78 is 8.06. The maximum atomic E-state index is 12.6. The highest BCUT2D eigenvalue weighted by atomic mass is 16.5. The minimum atomic E-state index is -0.0911. The van der Waals surface area contributed by atoms with E-state index in [2.05, 4.69) is 41.2 Å². The van der Waals surface area contributed by atoms with Gasteiger partial charge in [-0.3, -0.25) is 4.79 Å². The zero-order chi connectivity index (χ0) is 18.1. The summed E-state index contributed by atoms with van der Waals surface area (Å²) in [5.74, 6) is 0.526. The number of hydrogen-bond donors (Lipinski definition) is 0. The summed E-state index contributed by atoms with van der Waals surface area (Å²) in [4.78, 5) is 21.0. The number of anilines is 1. The van der Waals surface area contributed by atoms with Crippen molar-refractivity contribution in [2.45, 2.75) is 30.9 Å². The molecule has 2 fully saturated rings. The van der Waals surface area contributed by atoms with Crippen LogP contribution in [-0.2, 0) is 11.8 Å². The van der Waals surface area contributed by atoms with E-state index in [1.54, 1.807) is 10.8 Å². The standard InChI is InChI=1S/C20H26N4O2/c1-22-13-10-21-18(22)19(25)24-11-8-20(9-12-24)14-17(15-26-20)23(2)16-6-4-3-5-7-16/h3-7,10,13,17H,8-9,11-12,14-15H2,1-2H3/t17-/m1/s1. The number of likely N-dealkylation sites (tertiary alicyclic amines) is 1. The Bertz CT molecular complexity index is 765. The van der Waals surface area contributed by atoms with Crippen molar-refractivity contribution in [1.29, 1.82) is 0 Å². The quantitative estimate of drug-likeness (QED) is 0.849. The number of imidazole rings is 1. The molecule has 4 rings (SSSR count). The summed E-state index contributed by atoms with van der Waals surface area (Å²) in [6.45, 7) is 2.21. The number of likely N-dealkylation sites (N-methyl/N-ethyl adjacent to an activating group) is 1. The van der Waals surface area contributed by atoms with E-state index in [9.17, 15) is 4.79 Å². The molecule has 2 aromatic rings. The van der Waals surface area contributed by atoms with E-state index in [1.165, 1.54) is 5.69 Å². The first-order chi connectivity index (χ1) is 12.6. The third-order valence-corrected chi connectivity index (χ3v) is 5.88. The summed E-state index contributed by atoms with van der Waals surface area (Å²) in [6, 6.07) is 10.8. The molecule has 1 amide bonds. The Morgan fingerprint density at radius 2 is 2.00 bits per heavy atom. The van der Waals surface area contributed by atoms with E-state index < -0.39 is 0 Å². The van der Waals surface area contributed by atoms with E-state index >= 15 is 0 Å². The van der Waals surface area contributed by atoms with Crippen molar-refractivity contribution in [3.8, 4) is 0 Å². The van der Waals surface area contributed by atoms with Crippen LogP contribution >= 0.6 is 0 Å². The van der Waals surface area contributed by atoms with Gasteiger partial charge in [-0.05, 0) is 31.4 Å². The van der Waals surface area contributed by atoms with Crippen molar-refractivity contribution in [1.82, 2.24) is 14.5 Å². The molecule has 6 heteroatoms. The third-order valence-electron chi connectivity index (χ3n) is 5.88. The molecule has 2 saturated heterocycles. The maximum Gasteiger partial charge on any atom is 0.289 e. The molecule has 1 aromatic heterocycles. The minimum absolute atomic E-state index is 0.0169. The molecule has 3 heterocycles. The van der Waals surface area contributed by atoms with Crippen molar-refractivity contribution in [2.24, 2.45) is 7.05 Å². The van der Waals surface area contributed by atoms with E-state index in [4.69, 9.17) is 4.74 Å². The number of ether oxygens (including phenoxy) is 1. The van der Waals surface area contributed by atoms with Gasteiger partial charge >= 0.3 is 0 Å². The average Bonchev–Trinajstić information content (AvgIpc) is 3.29. The molecule has 26 heavy (non-hydrogen) atoms. The summed E-state index contributed by atoms with van der Waals surface area (Å²) >= 11 is 0. The number of para-hydroxylation sites is 1. The topological polar surface area (TPSA) is 50.6 Å². The van der Waals surface area contributed by atoms with Crippen molar-refractivity contribution in [3.63, 3.8) is 0 Å². The molecular weight excluding hydrogens is 328 g/mol. The third kappa shape index (κ3) is 3.09. The first-order valence-electron chi connectivity index (χ1n) is 9.26. The molecule has 2 aliphatic rings. The molecule has 138 valence electrons. The Labute approximate surface area is 154 Å². The van der Waals surface area contributed by atoms with E-state index in [0.29, 0.717) is 11.9 Å². The lowest BCUT2D eigenvalue weighted by Crippen LogP contribution is -2.47. The molecule has 0 N–H and O–H groups in total. The van der Waals surface area contributed by atoms with Crippen LogP contribution in [0.25, 0.3) is 0 Å². The molecule has 1 spiro atoms. The lowest BCUT2D eigenvalue weighted by molar-refractivity contribution is -0.0390. The molecule has 1 atom stereocenters. The molecule has 0 saturated carbocycles. The van der Waals surface area contributed by atoms with Crippen molar-refractivity contribution < 1.29 is 9.53 Å². The largest absolute Gasteiger partial charge is 0.373 e. The molecule has 1 aromatic carbocycles. The second-order valence-corrected chi connectivity index (χ2v) is 7.45. The Hall–Kier alpha value is -2.34. The number of benzene rings is 1. The van der Waals surface area contributed by atoms with Gasteiger partial charge in [-0.1, -0.05) is 18.2 Å². The van der Waals surface area contributed by atoms with Gasteiger partial charge in [0, 0.05) is 45.3 Å². The summed E-state index contributed by atoms with van der Waals surface area (Å²) in [7, 11) is 4.00. The number of carbonyl (C=O) groups is 1. The molecule has 6 nitrogen and oxygen atoms in total. The highest BCUT2D eigenvalue weighted by Gasteiger charge is 2.44. The smallest absolute Gasteiger partial charge is 0.289 e. The Morgan fingerprint density at radius 1 is 1.27 bits per heavy atom. The number of carbonyl (C=O) groups excluding carboxylic acids is 1. The number of nitrogens with zero attached hydrogens (tertiary/aromatic N) is 4. The number of amides is 1. The highest BCUT2D eigenvalue weighted by molar-refractivity contribution is 5.90. The maximum absolute atomic E-state index is 12.6. The number of aryl methyl sites for hydroxylation is 1. The molecule has 0 bridgehead atoms. The molecule has 2 aliphatic heterocycles. The van der Waals surface area contributed by atoms with Gasteiger partial charge in [0.05, 0.1) is 18.2 Å².